The highest BCUT2D eigenvalue weighted by atomic mass is 16.5. The third-order valence-electron chi connectivity index (χ3n) is 5.12. The smallest absolute Gasteiger partial charge is 0.223 e. The maximum atomic E-state index is 5.04. The molecule has 0 radical (unpaired) electrons. The minimum Gasteiger partial charge on any atom is -0.339 e. The zero-order valence-corrected chi connectivity index (χ0v) is 13.2. The Bertz CT molecular complexity index is 622. The van der Waals surface area contributed by atoms with Gasteiger partial charge in [-0.05, 0) is 56.2 Å². The highest BCUT2D eigenvalue weighted by Crippen LogP contribution is 2.42. The van der Waals surface area contributed by atoms with E-state index in [0.717, 1.165) is 17.4 Å². The van der Waals surface area contributed by atoms with Crippen LogP contribution in [0.5, 0.6) is 0 Å². The van der Waals surface area contributed by atoms with E-state index in [1.54, 1.807) is 0 Å². The van der Waals surface area contributed by atoms with E-state index in [2.05, 4.69) is 39.3 Å². The van der Waals surface area contributed by atoms with Crippen LogP contribution in [-0.2, 0) is 0 Å². The first-order chi connectivity index (χ1) is 10.8. The fraction of sp³-hybridized carbons (Fsp3) is 0.556. The normalized spacial score (nSPS) is 25.3. The molecule has 0 N–H and O–H groups in total. The van der Waals surface area contributed by atoms with Crippen LogP contribution in [0.15, 0.2) is 28.8 Å². The van der Waals surface area contributed by atoms with Gasteiger partial charge in [-0.15, -0.1) is 0 Å². The molecule has 2 aromatic rings. The summed E-state index contributed by atoms with van der Waals surface area (Å²) in [5.41, 5.74) is 2.50. The number of nitrogens with zero attached hydrogens (tertiary/aromatic N) is 3. The number of hydrogen-bond acceptors (Lipinski definition) is 4. The highest BCUT2D eigenvalue weighted by molar-refractivity contribution is 5.54. The average molecular weight is 297 g/mol. The Morgan fingerprint density at radius 1 is 1.14 bits per heavy atom. The van der Waals surface area contributed by atoms with Crippen LogP contribution in [0.4, 0.5) is 0 Å². The van der Waals surface area contributed by atoms with Crippen molar-refractivity contribution in [2.45, 2.75) is 38.5 Å². The van der Waals surface area contributed by atoms with Gasteiger partial charge in [0, 0.05) is 19.0 Å². The molecule has 0 unspecified atom stereocenters. The van der Waals surface area contributed by atoms with Gasteiger partial charge in [-0.1, -0.05) is 29.4 Å². The molecule has 4 nitrogen and oxygen atoms in total. The summed E-state index contributed by atoms with van der Waals surface area (Å²) in [4.78, 5) is 6.92. The predicted molar refractivity (Wildman–Crippen MR) is 85.6 cm³/mol. The summed E-state index contributed by atoms with van der Waals surface area (Å²) in [5.74, 6) is 2.95. The number of benzene rings is 1. The molecule has 0 bridgehead atoms. The third-order valence-corrected chi connectivity index (χ3v) is 5.12. The van der Waals surface area contributed by atoms with Gasteiger partial charge < -0.3 is 9.42 Å². The molecule has 4 rings (SSSR count). The van der Waals surface area contributed by atoms with Gasteiger partial charge in [0.05, 0.1) is 0 Å². The van der Waals surface area contributed by atoms with Crippen molar-refractivity contribution < 1.29 is 4.52 Å². The zero-order valence-electron chi connectivity index (χ0n) is 13.2. The lowest BCUT2D eigenvalue weighted by Gasteiger charge is -2.38. The third kappa shape index (κ3) is 2.80. The molecule has 0 amide bonds. The van der Waals surface area contributed by atoms with Gasteiger partial charge in [0.1, 0.15) is 0 Å². The molecule has 1 saturated heterocycles. The second kappa shape index (κ2) is 5.84. The Morgan fingerprint density at radius 3 is 2.50 bits per heavy atom. The molecule has 2 heterocycles. The van der Waals surface area contributed by atoms with E-state index < -0.39 is 0 Å². The lowest BCUT2D eigenvalue weighted by atomic mass is 9.71. The van der Waals surface area contributed by atoms with Crippen molar-refractivity contribution in [3.05, 3.63) is 35.7 Å². The topological polar surface area (TPSA) is 42.2 Å². The monoisotopic (exact) mass is 297 g/mol. The Morgan fingerprint density at radius 2 is 1.86 bits per heavy atom. The van der Waals surface area contributed by atoms with E-state index in [1.165, 1.54) is 50.9 Å². The van der Waals surface area contributed by atoms with E-state index in [-0.39, 0.29) is 0 Å². The first kappa shape index (κ1) is 13.9. The summed E-state index contributed by atoms with van der Waals surface area (Å²) in [6.07, 6.45) is 5.48. The Balaban J connectivity index is 1.34. The van der Waals surface area contributed by atoms with E-state index >= 15 is 0 Å². The first-order valence-corrected chi connectivity index (χ1v) is 8.41. The van der Waals surface area contributed by atoms with Crippen molar-refractivity contribution in [3.8, 4) is 11.4 Å². The zero-order chi connectivity index (χ0) is 14.9. The standard InChI is InChI=1S/C18H23N3O/c1-13-19-18(20-22-13)16-6-4-15(5-7-16)17-10-14(11-17)12-21-8-2-3-9-21/h4-7,14,17H,2-3,8-12H2,1H3. The van der Waals surface area contributed by atoms with Crippen molar-refractivity contribution >= 4 is 0 Å². The quantitative estimate of drug-likeness (QED) is 0.864. The van der Waals surface area contributed by atoms with Gasteiger partial charge in [0.2, 0.25) is 11.7 Å². The van der Waals surface area contributed by atoms with Gasteiger partial charge in [0.25, 0.3) is 0 Å². The molecule has 22 heavy (non-hydrogen) atoms. The lowest BCUT2D eigenvalue weighted by molar-refractivity contribution is 0.180. The predicted octanol–water partition coefficient (Wildman–Crippen LogP) is 3.63. The van der Waals surface area contributed by atoms with Gasteiger partial charge in [-0.3, -0.25) is 0 Å². The summed E-state index contributed by atoms with van der Waals surface area (Å²) in [6, 6.07) is 8.70. The lowest BCUT2D eigenvalue weighted by Crippen LogP contribution is -2.33. The van der Waals surface area contributed by atoms with Gasteiger partial charge >= 0.3 is 0 Å². The molecule has 2 fully saturated rings. The molecular weight excluding hydrogens is 274 g/mol. The molecule has 4 heteroatoms. The van der Waals surface area contributed by atoms with Crippen LogP contribution in [-0.4, -0.2) is 34.7 Å². The fourth-order valence-corrected chi connectivity index (χ4v) is 3.81. The largest absolute Gasteiger partial charge is 0.339 e. The minimum absolute atomic E-state index is 0.614. The summed E-state index contributed by atoms with van der Waals surface area (Å²) < 4.78 is 5.04. The van der Waals surface area contributed by atoms with Gasteiger partial charge in [-0.2, -0.15) is 4.98 Å². The molecule has 1 aliphatic carbocycles. The Labute approximate surface area is 131 Å². The van der Waals surface area contributed by atoms with Crippen LogP contribution in [0.2, 0.25) is 0 Å². The van der Waals surface area contributed by atoms with Crippen molar-refractivity contribution in [2.75, 3.05) is 19.6 Å². The van der Waals surface area contributed by atoms with Gasteiger partial charge in [0.15, 0.2) is 0 Å². The van der Waals surface area contributed by atoms with E-state index in [9.17, 15) is 0 Å². The first-order valence-electron chi connectivity index (χ1n) is 8.41. The molecule has 1 aliphatic heterocycles. The van der Waals surface area contributed by atoms with E-state index in [1.807, 2.05) is 6.92 Å². The van der Waals surface area contributed by atoms with Gasteiger partial charge in [-0.25, -0.2) is 0 Å². The molecule has 116 valence electrons. The van der Waals surface area contributed by atoms with Crippen LogP contribution in [0.25, 0.3) is 11.4 Å². The molecule has 0 spiro atoms. The highest BCUT2D eigenvalue weighted by Gasteiger charge is 2.31. The van der Waals surface area contributed by atoms with Crippen LogP contribution in [0, 0.1) is 12.8 Å². The van der Waals surface area contributed by atoms with Crippen molar-refractivity contribution in [1.29, 1.82) is 0 Å². The maximum absolute atomic E-state index is 5.04. The summed E-state index contributed by atoms with van der Waals surface area (Å²) in [6.45, 7) is 5.77. The SMILES string of the molecule is Cc1nc(-c2ccc(C3CC(CN4CCCC4)C3)cc2)no1. The number of aromatic nitrogens is 2. The van der Waals surface area contributed by atoms with Crippen LogP contribution < -0.4 is 0 Å². The van der Waals surface area contributed by atoms with Crippen molar-refractivity contribution in [3.63, 3.8) is 0 Å². The number of rotatable bonds is 4. The number of hydrogen-bond donors (Lipinski definition) is 0. The van der Waals surface area contributed by atoms with Crippen molar-refractivity contribution in [1.82, 2.24) is 15.0 Å². The summed E-state index contributed by atoms with van der Waals surface area (Å²) >= 11 is 0. The molecule has 1 aromatic heterocycles. The summed E-state index contributed by atoms with van der Waals surface area (Å²) in [5, 5.41) is 3.97. The van der Waals surface area contributed by atoms with Crippen LogP contribution in [0.3, 0.4) is 0 Å². The number of aryl methyl sites for hydroxylation is 1. The van der Waals surface area contributed by atoms with Crippen LogP contribution >= 0.6 is 0 Å². The van der Waals surface area contributed by atoms with Crippen LogP contribution in [0.1, 0.15) is 43.1 Å². The molecule has 1 saturated carbocycles. The molecular formula is C18H23N3O. The molecule has 2 aliphatic rings. The number of likely N-dealkylation sites (tertiary alicyclic amines) is 1. The second-order valence-electron chi connectivity index (χ2n) is 6.80. The second-order valence-corrected chi connectivity index (χ2v) is 6.80. The molecule has 0 atom stereocenters. The molecule has 1 aromatic carbocycles. The average Bonchev–Trinajstić information content (AvgIpc) is 3.14. The minimum atomic E-state index is 0.614. The fourth-order valence-electron chi connectivity index (χ4n) is 3.81. The van der Waals surface area contributed by atoms with E-state index in [4.69, 9.17) is 4.52 Å². The summed E-state index contributed by atoms with van der Waals surface area (Å²) in [7, 11) is 0. The van der Waals surface area contributed by atoms with E-state index in [0.29, 0.717) is 11.7 Å². The maximum Gasteiger partial charge on any atom is 0.223 e. The Kier molecular flexibility index (Phi) is 3.70. The Hall–Kier alpha value is -1.68. The van der Waals surface area contributed by atoms with Crippen molar-refractivity contribution in [2.24, 2.45) is 5.92 Å².